The molecule has 0 unspecified atom stereocenters. The van der Waals surface area contributed by atoms with Gasteiger partial charge in [-0.3, -0.25) is 4.90 Å². The first-order valence-corrected chi connectivity index (χ1v) is 7.80. The maximum Gasteiger partial charge on any atom is 0.0991 e. The molecule has 2 rings (SSSR count). The van der Waals surface area contributed by atoms with Gasteiger partial charge in [0.15, 0.2) is 0 Å². The summed E-state index contributed by atoms with van der Waals surface area (Å²) < 4.78 is 0. The number of nitrogens with zero attached hydrogens (tertiary/aromatic N) is 1. The molecule has 0 saturated carbocycles. The lowest BCUT2D eigenvalue weighted by Gasteiger charge is -2.32. The molecule has 1 aromatic carbocycles. The van der Waals surface area contributed by atoms with Crippen LogP contribution >= 0.6 is 0 Å². The summed E-state index contributed by atoms with van der Waals surface area (Å²) in [5, 5.41) is 30.0. The molecule has 0 bridgehead atoms. The molecule has 0 spiro atoms. The van der Waals surface area contributed by atoms with Crippen molar-refractivity contribution in [3.8, 4) is 0 Å². The lowest BCUT2D eigenvalue weighted by molar-refractivity contribution is 0.0145. The van der Waals surface area contributed by atoms with Gasteiger partial charge in [-0.1, -0.05) is 45.0 Å². The van der Waals surface area contributed by atoms with E-state index in [9.17, 15) is 15.3 Å². The first-order valence-electron chi connectivity index (χ1n) is 7.80. The molecule has 0 amide bonds. The van der Waals surface area contributed by atoms with E-state index in [1.54, 1.807) is 0 Å². The Morgan fingerprint density at radius 2 is 1.62 bits per heavy atom. The number of aliphatic hydroxyl groups excluding tert-OH is 3. The van der Waals surface area contributed by atoms with Crippen molar-refractivity contribution in [3.63, 3.8) is 0 Å². The van der Waals surface area contributed by atoms with Crippen molar-refractivity contribution in [1.82, 2.24) is 4.90 Å². The third-order valence-electron chi connectivity index (χ3n) is 4.57. The molecule has 1 aliphatic rings. The molecule has 1 fully saturated rings. The zero-order chi connectivity index (χ0) is 15.6. The van der Waals surface area contributed by atoms with Gasteiger partial charge < -0.3 is 15.3 Å². The van der Waals surface area contributed by atoms with Crippen LogP contribution in [0.25, 0.3) is 0 Å². The van der Waals surface area contributed by atoms with Crippen molar-refractivity contribution in [2.45, 2.75) is 58.0 Å². The first-order chi connectivity index (χ1) is 9.99. The minimum Gasteiger partial charge on any atom is -0.395 e. The molecule has 21 heavy (non-hydrogen) atoms. The number of likely N-dealkylation sites (tertiary alicyclic amines) is 1. The Morgan fingerprint density at radius 3 is 2.10 bits per heavy atom. The van der Waals surface area contributed by atoms with E-state index in [0.29, 0.717) is 6.54 Å². The van der Waals surface area contributed by atoms with E-state index in [0.717, 1.165) is 12.0 Å². The number of hydrogen-bond donors (Lipinski definition) is 3. The van der Waals surface area contributed by atoms with Crippen molar-refractivity contribution in [3.05, 3.63) is 35.4 Å². The fourth-order valence-corrected chi connectivity index (χ4v) is 3.35. The van der Waals surface area contributed by atoms with Crippen LogP contribution in [0.4, 0.5) is 0 Å². The molecular weight excluding hydrogens is 266 g/mol. The summed E-state index contributed by atoms with van der Waals surface area (Å²) >= 11 is 0. The Labute approximate surface area is 127 Å². The summed E-state index contributed by atoms with van der Waals surface area (Å²) in [5.74, 6) is 0.209. The summed E-state index contributed by atoms with van der Waals surface area (Å²) in [7, 11) is 0. The summed E-state index contributed by atoms with van der Waals surface area (Å²) in [4.78, 5) is 2.04. The lowest BCUT2D eigenvalue weighted by atomic mass is 9.98. The van der Waals surface area contributed by atoms with Crippen molar-refractivity contribution < 1.29 is 15.3 Å². The Hall–Kier alpha value is -0.940. The summed E-state index contributed by atoms with van der Waals surface area (Å²) in [6.07, 6.45) is -0.690. The van der Waals surface area contributed by atoms with Gasteiger partial charge >= 0.3 is 0 Å². The molecule has 3 N–H and O–H groups in total. The molecule has 4 heteroatoms. The highest BCUT2D eigenvalue weighted by molar-refractivity contribution is 5.23. The number of rotatable bonds is 5. The van der Waals surface area contributed by atoms with Crippen LogP contribution in [-0.4, -0.2) is 51.1 Å². The molecular formula is C17H27NO3. The normalized spacial score (nSPS) is 30.2. The molecule has 0 aromatic heterocycles. The number of aliphatic hydroxyl groups is 3. The zero-order valence-electron chi connectivity index (χ0n) is 13.1. The standard InChI is InChI=1S/C17H27NO3/c1-4-12-5-7-13(8-6-12)9-18-14(10-19)16(20)17(21)15(18)11(2)3/h5-8,11,14-17,19-21H,4,9-10H2,1-3H3/t14-,15+,16-,17+/m1/s1. The average molecular weight is 293 g/mol. The molecule has 0 radical (unpaired) electrons. The fourth-order valence-electron chi connectivity index (χ4n) is 3.35. The Balaban J connectivity index is 2.20. The topological polar surface area (TPSA) is 63.9 Å². The van der Waals surface area contributed by atoms with Gasteiger partial charge in [-0.2, -0.15) is 0 Å². The predicted octanol–water partition coefficient (Wildman–Crippen LogP) is 1.17. The zero-order valence-corrected chi connectivity index (χ0v) is 13.1. The highest BCUT2D eigenvalue weighted by Gasteiger charge is 2.48. The van der Waals surface area contributed by atoms with Crippen LogP contribution in [0.3, 0.4) is 0 Å². The first kappa shape index (κ1) is 16.4. The van der Waals surface area contributed by atoms with Crippen LogP contribution in [0, 0.1) is 5.92 Å². The van der Waals surface area contributed by atoms with E-state index >= 15 is 0 Å². The third kappa shape index (κ3) is 3.29. The number of hydrogen-bond acceptors (Lipinski definition) is 4. The van der Waals surface area contributed by atoms with E-state index in [2.05, 4.69) is 31.2 Å². The predicted molar refractivity (Wildman–Crippen MR) is 82.9 cm³/mol. The summed E-state index contributed by atoms with van der Waals surface area (Å²) in [5.41, 5.74) is 2.43. The van der Waals surface area contributed by atoms with E-state index < -0.39 is 18.2 Å². The van der Waals surface area contributed by atoms with Crippen LogP contribution in [0.2, 0.25) is 0 Å². The van der Waals surface area contributed by atoms with Gasteiger partial charge in [0.25, 0.3) is 0 Å². The van der Waals surface area contributed by atoms with E-state index in [1.165, 1.54) is 5.56 Å². The molecule has 1 aliphatic heterocycles. The quantitative estimate of drug-likeness (QED) is 0.762. The Morgan fingerprint density at radius 1 is 1.05 bits per heavy atom. The van der Waals surface area contributed by atoms with Gasteiger partial charge in [-0.25, -0.2) is 0 Å². The fraction of sp³-hybridized carbons (Fsp3) is 0.647. The Bertz CT molecular complexity index is 446. The maximum absolute atomic E-state index is 10.3. The molecule has 1 heterocycles. The van der Waals surface area contributed by atoms with Crippen LogP contribution in [-0.2, 0) is 13.0 Å². The molecule has 118 valence electrons. The number of benzene rings is 1. The van der Waals surface area contributed by atoms with Crippen molar-refractivity contribution in [2.75, 3.05) is 6.61 Å². The molecule has 1 aromatic rings. The van der Waals surface area contributed by atoms with Crippen LogP contribution in [0.5, 0.6) is 0 Å². The summed E-state index contributed by atoms with van der Waals surface area (Å²) in [6, 6.07) is 7.85. The molecule has 4 atom stereocenters. The molecule has 1 saturated heterocycles. The highest BCUT2D eigenvalue weighted by atomic mass is 16.3. The van der Waals surface area contributed by atoms with Gasteiger partial charge in [-0.05, 0) is 23.5 Å². The van der Waals surface area contributed by atoms with Crippen LogP contribution in [0.15, 0.2) is 24.3 Å². The Kier molecular flexibility index (Phi) is 5.38. The monoisotopic (exact) mass is 293 g/mol. The van der Waals surface area contributed by atoms with Gasteiger partial charge in [0.1, 0.15) is 0 Å². The highest BCUT2D eigenvalue weighted by Crippen LogP contribution is 2.31. The number of aryl methyl sites for hydroxylation is 1. The largest absolute Gasteiger partial charge is 0.395 e. The van der Waals surface area contributed by atoms with Gasteiger partial charge in [0.2, 0.25) is 0 Å². The van der Waals surface area contributed by atoms with Gasteiger partial charge in [-0.15, -0.1) is 0 Å². The lowest BCUT2D eigenvalue weighted by Crippen LogP contribution is -2.43. The van der Waals surface area contributed by atoms with Crippen molar-refractivity contribution in [2.24, 2.45) is 5.92 Å². The van der Waals surface area contributed by atoms with E-state index in [-0.39, 0.29) is 18.6 Å². The summed E-state index contributed by atoms with van der Waals surface area (Å²) in [6.45, 7) is 6.68. The van der Waals surface area contributed by atoms with Crippen molar-refractivity contribution in [1.29, 1.82) is 0 Å². The van der Waals surface area contributed by atoms with Crippen molar-refractivity contribution >= 4 is 0 Å². The van der Waals surface area contributed by atoms with E-state index in [1.807, 2.05) is 18.7 Å². The van der Waals surface area contributed by atoms with Crippen LogP contribution in [0.1, 0.15) is 31.9 Å². The average Bonchev–Trinajstić information content (AvgIpc) is 2.71. The maximum atomic E-state index is 10.3. The second-order valence-corrected chi connectivity index (χ2v) is 6.31. The third-order valence-corrected chi connectivity index (χ3v) is 4.57. The second kappa shape index (κ2) is 6.88. The van der Waals surface area contributed by atoms with Gasteiger partial charge in [0.05, 0.1) is 24.9 Å². The van der Waals surface area contributed by atoms with Crippen LogP contribution < -0.4 is 0 Å². The second-order valence-electron chi connectivity index (χ2n) is 6.31. The SMILES string of the molecule is CCc1ccc(CN2[C@H](CO)[C@@H](O)[C@@H](O)[C@@H]2C(C)C)cc1. The minimum atomic E-state index is -0.891. The molecule has 4 nitrogen and oxygen atoms in total. The van der Waals surface area contributed by atoms with Gasteiger partial charge in [0, 0.05) is 12.6 Å². The smallest absolute Gasteiger partial charge is 0.0991 e. The molecule has 0 aliphatic carbocycles. The minimum absolute atomic E-state index is 0.136. The van der Waals surface area contributed by atoms with E-state index in [4.69, 9.17) is 0 Å².